The predicted octanol–water partition coefficient (Wildman–Crippen LogP) is 7.04. The number of hydrogen-bond acceptors (Lipinski definition) is 6. The van der Waals surface area contributed by atoms with E-state index in [0.717, 1.165) is 0 Å². The van der Waals surface area contributed by atoms with Crippen molar-refractivity contribution < 1.29 is 19.3 Å². The van der Waals surface area contributed by atoms with Gasteiger partial charge in [-0.3, -0.25) is 24.5 Å². The molecule has 0 heterocycles. The minimum atomic E-state index is -0.616. The molecule has 3 N–H and O–H groups in total. The second kappa shape index (κ2) is 14.3. The van der Waals surface area contributed by atoms with Crippen LogP contribution < -0.4 is 16.0 Å². The molecule has 4 rings (SSSR count). The summed E-state index contributed by atoms with van der Waals surface area (Å²) in [5.74, 6) is -1.32. The van der Waals surface area contributed by atoms with Gasteiger partial charge in [-0.25, -0.2) is 0 Å². The largest absolute Gasteiger partial charge is 0.324 e. The Bertz CT molecular complexity index is 1660. The molecule has 0 aliphatic carbocycles. The van der Waals surface area contributed by atoms with Gasteiger partial charge in [-0.2, -0.15) is 0 Å². The summed E-state index contributed by atoms with van der Waals surface area (Å²) in [4.78, 5) is 49.8. The van der Waals surface area contributed by atoms with Gasteiger partial charge in [0.2, 0.25) is 5.91 Å². The van der Waals surface area contributed by atoms with Crippen LogP contribution in [0.15, 0.2) is 108 Å². The summed E-state index contributed by atoms with van der Waals surface area (Å²) in [5, 5.41) is 19.9. The number of nitrogens with one attached hydrogen (secondary N) is 3. The maximum atomic E-state index is 13.3. The third-order valence-electron chi connectivity index (χ3n) is 5.61. The van der Waals surface area contributed by atoms with Crippen molar-refractivity contribution in [3.63, 3.8) is 0 Å². The number of hydrogen-bond donors (Lipinski definition) is 3. The van der Waals surface area contributed by atoms with E-state index in [0.29, 0.717) is 37.4 Å². The van der Waals surface area contributed by atoms with Crippen LogP contribution in [0.1, 0.15) is 15.9 Å². The van der Waals surface area contributed by atoms with Gasteiger partial charge in [0, 0.05) is 33.3 Å². The first kappa shape index (κ1) is 30.3. The van der Waals surface area contributed by atoms with Crippen molar-refractivity contribution in [1.82, 2.24) is 5.32 Å². The molecule has 212 valence electrons. The minimum absolute atomic E-state index is 0.0741. The summed E-state index contributed by atoms with van der Waals surface area (Å²) in [7, 11) is 0. The molecular formula is C30H22Cl2N4O5S. The molecule has 0 aromatic heterocycles. The van der Waals surface area contributed by atoms with Gasteiger partial charge in [-0.1, -0.05) is 47.5 Å². The first-order chi connectivity index (χ1) is 20.2. The Morgan fingerprint density at radius 1 is 0.857 bits per heavy atom. The van der Waals surface area contributed by atoms with E-state index < -0.39 is 16.7 Å². The molecule has 0 atom stereocenters. The fraction of sp³-hybridized carbons (Fsp3) is 0.0333. The Hall–Kier alpha value is -4.64. The molecular weight excluding hydrogens is 599 g/mol. The highest BCUT2D eigenvalue weighted by atomic mass is 35.5. The second-order valence-electron chi connectivity index (χ2n) is 8.67. The van der Waals surface area contributed by atoms with Crippen LogP contribution in [0.5, 0.6) is 0 Å². The van der Waals surface area contributed by atoms with Crippen LogP contribution in [0.4, 0.5) is 17.1 Å². The first-order valence-electron chi connectivity index (χ1n) is 12.3. The van der Waals surface area contributed by atoms with Crippen LogP contribution in [-0.4, -0.2) is 28.4 Å². The SMILES string of the molecule is O=C(CSc1cccc(NC(=O)/C(=C\c2ccc([N+](=O)[O-])cc2)NC(=O)c2ccccc2)c1)Nc1ccc(Cl)cc1Cl. The summed E-state index contributed by atoms with van der Waals surface area (Å²) in [6, 6.07) is 25.5. The lowest BCUT2D eigenvalue weighted by atomic mass is 10.1. The van der Waals surface area contributed by atoms with Gasteiger partial charge in [0.25, 0.3) is 17.5 Å². The number of carbonyl (C=O) groups is 3. The lowest BCUT2D eigenvalue weighted by Crippen LogP contribution is -2.30. The van der Waals surface area contributed by atoms with Crippen molar-refractivity contribution in [1.29, 1.82) is 0 Å². The summed E-state index contributed by atoms with van der Waals surface area (Å²) >= 11 is 13.3. The number of amides is 3. The molecule has 0 fully saturated rings. The van der Waals surface area contributed by atoms with Gasteiger partial charge in [-0.15, -0.1) is 11.8 Å². The number of nitro groups is 1. The number of benzene rings is 4. The Morgan fingerprint density at radius 2 is 1.60 bits per heavy atom. The quantitative estimate of drug-likeness (QED) is 0.0754. The molecule has 0 unspecified atom stereocenters. The Balaban J connectivity index is 1.47. The van der Waals surface area contributed by atoms with Crippen molar-refractivity contribution in [2.45, 2.75) is 4.90 Å². The van der Waals surface area contributed by atoms with E-state index in [1.54, 1.807) is 66.7 Å². The molecule has 42 heavy (non-hydrogen) atoms. The van der Waals surface area contributed by atoms with Crippen molar-refractivity contribution in [2.24, 2.45) is 0 Å². The lowest BCUT2D eigenvalue weighted by Gasteiger charge is -2.12. The van der Waals surface area contributed by atoms with E-state index in [2.05, 4.69) is 16.0 Å². The number of non-ortho nitro benzene ring substituents is 1. The van der Waals surface area contributed by atoms with E-state index in [4.69, 9.17) is 23.2 Å². The number of rotatable bonds is 10. The zero-order valence-corrected chi connectivity index (χ0v) is 24.0. The second-order valence-corrected chi connectivity index (χ2v) is 10.6. The highest BCUT2D eigenvalue weighted by Gasteiger charge is 2.16. The third-order valence-corrected chi connectivity index (χ3v) is 7.15. The first-order valence-corrected chi connectivity index (χ1v) is 14.0. The maximum Gasteiger partial charge on any atom is 0.272 e. The van der Waals surface area contributed by atoms with Gasteiger partial charge in [0.1, 0.15) is 5.70 Å². The molecule has 9 nitrogen and oxygen atoms in total. The van der Waals surface area contributed by atoms with Gasteiger partial charge < -0.3 is 16.0 Å². The van der Waals surface area contributed by atoms with Crippen LogP contribution in [0.25, 0.3) is 6.08 Å². The Kier molecular flexibility index (Phi) is 10.3. The molecule has 0 radical (unpaired) electrons. The van der Waals surface area contributed by atoms with E-state index in [1.807, 2.05) is 0 Å². The van der Waals surface area contributed by atoms with Crippen molar-refractivity contribution in [2.75, 3.05) is 16.4 Å². The molecule has 4 aromatic rings. The summed E-state index contributed by atoms with van der Waals surface area (Å²) in [6.07, 6.45) is 1.42. The van der Waals surface area contributed by atoms with Gasteiger partial charge in [-0.05, 0) is 72.3 Å². The number of nitro benzene ring substituents is 1. The van der Waals surface area contributed by atoms with Crippen LogP contribution in [0, 0.1) is 10.1 Å². The van der Waals surface area contributed by atoms with Crippen LogP contribution in [-0.2, 0) is 9.59 Å². The molecule has 0 aliphatic heterocycles. The average molecular weight is 622 g/mol. The topological polar surface area (TPSA) is 130 Å². The van der Waals surface area contributed by atoms with Crippen molar-refractivity contribution >= 4 is 75.8 Å². The molecule has 0 spiro atoms. The van der Waals surface area contributed by atoms with Crippen LogP contribution >= 0.6 is 35.0 Å². The monoisotopic (exact) mass is 620 g/mol. The van der Waals surface area contributed by atoms with Gasteiger partial charge in [0.05, 0.1) is 21.4 Å². The molecule has 0 saturated carbocycles. The summed E-state index contributed by atoms with van der Waals surface area (Å²) < 4.78 is 0. The Labute approximate surface area is 255 Å². The van der Waals surface area contributed by atoms with Gasteiger partial charge in [0.15, 0.2) is 0 Å². The predicted molar refractivity (Wildman–Crippen MR) is 166 cm³/mol. The number of nitrogens with zero attached hydrogens (tertiary/aromatic N) is 1. The van der Waals surface area contributed by atoms with Crippen molar-refractivity contribution in [3.05, 3.63) is 134 Å². The van der Waals surface area contributed by atoms with E-state index in [1.165, 1.54) is 48.2 Å². The number of halogens is 2. The summed E-state index contributed by atoms with van der Waals surface area (Å²) in [6.45, 7) is 0. The van der Waals surface area contributed by atoms with E-state index in [9.17, 15) is 24.5 Å². The molecule has 3 amide bonds. The van der Waals surface area contributed by atoms with E-state index in [-0.39, 0.29) is 23.0 Å². The van der Waals surface area contributed by atoms with Crippen LogP contribution in [0.3, 0.4) is 0 Å². The normalized spacial score (nSPS) is 11.0. The number of thioether (sulfide) groups is 1. The standard InChI is InChI=1S/C30H22Cl2N4O5S/c31-21-11-14-26(25(32)16-21)34-28(37)18-42-24-8-4-7-22(17-24)33-30(39)27(35-29(38)20-5-2-1-3-6-20)15-19-9-12-23(13-10-19)36(40)41/h1-17H,18H2,(H,33,39)(H,34,37)(H,35,38)/b27-15+. The molecule has 4 aromatic carbocycles. The smallest absolute Gasteiger partial charge is 0.272 e. The fourth-order valence-corrected chi connectivity index (χ4v) is 4.80. The maximum absolute atomic E-state index is 13.3. The lowest BCUT2D eigenvalue weighted by molar-refractivity contribution is -0.384. The Morgan fingerprint density at radius 3 is 2.29 bits per heavy atom. The zero-order valence-electron chi connectivity index (χ0n) is 21.7. The molecule has 12 heteroatoms. The molecule has 0 saturated heterocycles. The average Bonchev–Trinajstić information content (AvgIpc) is 2.98. The molecule has 0 bridgehead atoms. The minimum Gasteiger partial charge on any atom is -0.324 e. The zero-order chi connectivity index (χ0) is 30.1. The summed E-state index contributed by atoms with van der Waals surface area (Å²) in [5.41, 5.74) is 1.50. The number of anilines is 2. The third kappa shape index (κ3) is 8.68. The highest BCUT2D eigenvalue weighted by Crippen LogP contribution is 2.27. The van der Waals surface area contributed by atoms with E-state index >= 15 is 0 Å². The van der Waals surface area contributed by atoms with Crippen LogP contribution in [0.2, 0.25) is 10.0 Å². The number of carbonyl (C=O) groups excluding carboxylic acids is 3. The fourth-order valence-electron chi connectivity index (χ4n) is 3.59. The van der Waals surface area contributed by atoms with Crippen molar-refractivity contribution in [3.8, 4) is 0 Å². The molecule has 0 aliphatic rings. The highest BCUT2D eigenvalue weighted by molar-refractivity contribution is 8.00. The van der Waals surface area contributed by atoms with Gasteiger partial charge >= 0.3 is 0 Å².